The lowest BCUT2D eigenvalue weighted by Crippen LogP contribution is -2.82. The van der Waals surface area contributed by atoms with Gasteiger partial charge in [0.15, 0.2) is 0 Å². The van der Waals surface area contributed by atoms with Gasteiger partial charge in [0.2, 0.25) is 11.8 Å². The van der Waals surface area contributed by atoms with Crippen LogP contribution in [0.25, 0.3) is 0 Å². The van der Waals surface area contributed by atoms with E-state index in [4.69, 9.17) is 29.4 Å². The summed E-state index contributed by atoms with van der Waals surface area (Å²) in [6.45, 7) is 4.84. The van der Waals surface area contributed by atoms with Crippen LogP contribution in [-0.4, -0.2) is 123 Å². The van der Waals surface area contributed by atoms with E-state index in [0.29, 0.717) is 25.9 Å². The number of carbonyl (C=O) groups excluding carboxylic acids is 3. The lowest BCUT2D eigenvalue weighted by Gasteiger charge is -2.70. The number of nitrogens with zero attached hydrogens (tertiary/aromatic N) is 1. The van der Waals surface area contributed by atoms with Gasteiger partial charge in [-0.15, -0.1) is 0 Å². The molecule has 6 aliphatic rings. The number of aliphatic hydroxyl groups is 2. The number of nitrogens with one attached hydrogen (secondary N) is 1. The molecule has 1 aliphatic heterocycles. The lowest BCUT2D eigenvalue weighted by molar-refractivity contribution is -0.320. The van der Waals surface area contributed by atoms with Gasteiger partial charge in [-0.2, -0.15) is 0 Å². The monoisotopic (exact) mass is 699 g/mol. The first kappa shape index (κ1) is 35.7. The summed E-state index contributed by atoms with van der Waals surface area (Å²) >= 11 is 0. The molecule has 0 aromatic heterocycles. The lowest BCUT2D eigenvalue weighted by atomic mass is 9.42. The van der Waals surface area contributed by atoms with Crippen molar-refractivity contribution in [3.8, 4) is 0 Å². The van der Waals surface area contributed by atoms with Crippen molar-refractivity contribution < 1.29 is 48.3 Å². The number of hydrogen-bond donors (Lipinski definition) is 4. The standard InChI is InChI=1S/C37H53N3O10/c1-7-40-17-34(18-50-32(43)20-10-8-9-11-23(20)39-31(42)19(2)14-26(38)41)13-12-25(47-4)36-22-15-21-24(46-3)16-35(44,27(22)28(21)48-5)37(45,33(36)40)30(49-6)29(34)36/h8-11,19,21-22,24-25,27-30,33,44-45H,7,12-18H2,1-6H3,(H2,38,41)(H,39,42)/t19?,21-,22-,24+,25+,27?,28+,29-,30+,33-,34+,35-,36?,37-/m1/s1. The van der Waals surface area contributed by atoms with E-state index in [-0.39, 0.29) is 72.7 Å². The minimum absolute atomic E-state index is 0.0402. The van der Waals surface area contributed by atoms with E-state index in [1.54, 1.807) is 59.6 Å². The van der Waals surface area contributed by atoms with Crippen LogP contribution in [0.5, 0.6) is 0 Å². The summed E-state index contributed by atoms with van der Waals surface area (Å²) in [5.41, 5.74) is 1.21. The van der Waals surface area contributed by atoms with Gasteiger partial charge in [-0.05, 0) is 43.9 Å². The molecule has 7 bridgehead atoms. The molecule has 3 unspecified atom stereocenters. The van der Waals surface area contributed by atoms with Crippen LogP contribution in [0.4, 0.5) is 5.69 Å². The van der Waals surface area contributed by atoms with Crippen LogP contribution in [0.15, 0.2) is 24.3 Å². The van der Waals surface area contributed by atoms with Gasteiger partial charge in [-0.25, -0.2) is 4.79 Å². The van der Waals surface area contributed by atoms with Crippen LogP contribution in [0.3, 0.4) is 0 Å². The number of carbonyl (C=O) groups is 3. The molecular weight excluding hydrogens is 646 g/mol. The first-order valence-corrected chi connectivity index (χ1v) is 18.0. The Bertz CT molecular complexity index is 1530. The Labute approximate surface area is 293 Å². The highest BCUT2D eigenvalue weighted by Crippen LogP contribution is 2.80. The fourth-order valence-corrected chi connectivity index (χ4v) is 12.7. The summed E-state index contributed by atoms with van der Waals surface area (Å²) in [6, 6.07) is 6.16. The summed E-state index contributed by atoms with van der Waals surface area (Å²) in [7, 11) is 6.69. The van der Waals surface area contributed by atoms with Crippen LogP contribution in [-0.2, 0) is 33.3 Å². The number of esters is 1. The van der Waals surface area contributed by atoms with Gasteiger partial charge in [0.05, 0.1) is 48.3 Å². The van der Waals surface area contributed by atoms with E-state index in [9.17, 15) is 24.6 Å². The Morgan fingerprint density at radius 3 is 2.46 bits per heavy atom. The summed E-state index contributed by atoms with van der Waals surface area (Å²) in [6.07, 6.45) is 0.586. The SMILES string of the molecule is CCN1C[C@]2(COC(=O)c3ccccc3NC(=O)C(C)CC(N)=O)CC[C@H](OC)C34[C@@H]5C[C@@H]6[C@@H](OC)C[C@@](O)(C5[C@H]6OC)[C@](O)([C@H]13)[C@@H](OC)[C@@H]42. The molecule has 50 heavy (non-hydrogen) atoms. The third-order valence-electron chi connectivity index (χ3n) is 14.2. The van der Waals surface area contributed by atoms with E-state index in [1.165, 1.54) is 0 Å². The topological polar surface area (TPSA) is 179 Å². The summed E-state index contributed by atoms with van der Waals surface area (Å²) in [5, 5.41) is 29.3. The zero-order chi connectivity index (χ0) is 36.0. The van der Waals surface area contributed by atoms with Crippen molar-refractivity contribution in [3.63, 3.8) is 0 Å². The molecule has 276 valence electrons. The Hall–Kier alpha value is -2.65. The van der Waals surface area contributed by atoms with Crippen molar-refractivity contribution in [3.05, 3.63) is 29.8 Å². The molecule has 5 aliphatic carbocycles. The first-order chi connectivity index (χ1) is 23.8. The molecule has 1 spiro atoms. The van der Waals surface area contributed by atoms with Crippen LogP contribution in [0.1, 0.15) is 56.3 Å². The van der Waals surface area contributed by atoms with Gasteiger partial charge in [0.1, 0.15) is 11.2 Å². The van der Waals surface area contributed by atoms with Crippen molar-refractivity contribution in [2.75, 3.05) is 53.5 Å². The average Bonchev–Trinajstić information content (AvgIpc) is 3.52. The Kier molecular flexibility index (Phi) is 8.93. The maximum absolute atomic E-state index is 14.0. The van der Waals surface area contributed by atoms with Gasteiger partial charge in [0, 0.05) is 82.3 Å². The Balaban J connectivity index is 1.29. The molecule has 0 radical (unpaired) electrons. The number of fused-ring (bicyclic) bond motifs is 2. The van der Waals surface area contributed by atoms with Crippen molar-refractivity contribution in [1.29, 1.82) is 0 Å². The summed E-state index contributed by atoms with van der Waals surface area (Å²) in [4.78, 5) is 40.5. The van der Waals surface area contributed by atoms with Gasteiger partial charge >= 0.3 is 5.97 Å². The molecule has 7 rings (SSSR count). The van der Waals surface area contributed by atoms with Gasteiger partial charge in [-0.3, -0.25) is 14.5 Å². The molecular formula is C37H53N3O10. The number of amides is 2. The van der Waals surface area contributed by atoms with E-state index >= 15 is 0 Å². The maximum Gasteiger partial charge on any atom is 0.340 e. The number of benzene rings is 1. The minimum atomic E-state index is -1.70. The highest BCUT2D eigenvalue weighted by molar-refractivity contribution is 6.02. The summed E-state index contributed by atoms with van der Waals surface area (Å²) < 4.78 is 31.3. The highest BCUT2D eigenvalue weighted by atomic mass is 16.5. The predicted molar refractivity (Wildman–Crippen MR) is 180 cm³/mol. The number of likely N-dealkylation sites (N-methyl/N-ethyl adjacent to an activating group) is 1. The number of para-hydroxylation sites is 1. The van der Waals surface area contributed by atoms with E-state index in [0.717, 1.165) is 6.42 Å². The van der Waals surface area contributed by atoms with Crippen molar-refractivity contribution in [2.24, 2.45) is 46.2 Å². The maximum atomic E-state index is 14.0. The quantitative estimate of drug-likeness (QED) is 0.233. The third-order valence-corrected chi connectivity index (χ3v) is 14.2. The number of primary amides is 1. The molecule has 5 N–H and O–H groups in total. The molecule has 1 aromatic rings. The van der Waals surface area contributed by atoms with Crippen molar-refractivity contribution in [2.45, 2.75) is 87.6 Å². The Morgan fingerprint density at radius 2 is 1.82 bits per heavy atom. The summed E-state index contributed by atoms with van der Waals surface area (Å²) in [5.74, 6) is -3.02. The second-order valence-electron chi connectivity index (χ2n) is 15.9. The number of rotatable bonds is 12. The molecule has 13 nitrogen and oxygen atoms in total. The number of ether oxygens (including phenoxy) is 5. The number of methoxy groups -OCH3 is 4. The van der Waals surface area contributed by atoms with Crippen molar-refractivity contribution in [1.82, 2.24) is 4.90 Å². The minimum Gasteiger partial charge on any atom is -0.461 e. The van der Waals surface area contributed by atoms with Gasteiger partial charge in [-0.1, -0.05) is 26.0 Å². The zero-order valence-corrected chi connectivity index (χ0v) is 29.9. The molecule has 1 aromatic carbocycles. The highest BCUT2D eigenvalue weighted by Gasteiger charge is 2.91. The smallest absolute Gasteiger partial charge is 0.340 e. The van der Waals surface area contributed by atoms with E-state index in [1.807, 2.05) is 0 Å². The number of piperidine rings is 1. The first-order valence-electron chi connectivity index (χ1n) is 18.0. The fraction of sp³-hybridized carbons (Fsp3) is 0.757. The van der Waals surface area contributed by atoms with Crippen molar-refractivity contribution >= 4 is 23.5 Å². The van der Waals surface area contributed by atoms with E-state index in [2.05, 4.69) is 17.1 Å². The molecule has 5 saturated carbocycles. The van der Waals surface area contributed by atoms with Gasteiger partial charge < -0.3 is 44.9 Å². The average molecular weight is 700 g/mol. The third kappa shape index (κ3) is 4.46. The van der Waals surface area contributed by atoms with Crippen LogP contribution >= 0.6 is 0 Å². The van der Waals surface area contributed by atoms with E-state index < -0.39 is 57.9 Å². The van der Waals surface area contributed by atoms with Crippen LogP contribution < -0.4 is 11.1 Å². The second kappa shape index (κ2) is 12.5. The molecule has 1 saturated heterocycles. The molecule has 2 amide bonds. The van der Waals surface area contributed by atoms with Gasteiger partial charge in [0.25, 0.3) is 0 Å². The molecule has 6 fully saturated rings. The Morgan fingerprint density at radius 1 is 1.08 bits per heavy atom. The molecule has 14 atom stereocenters. The number of nitrogens with two attached hydrogens (primary N) is 1. The molecule has 1 heterocycles. The predicted octanol–water partition coefficient (Wildman–Crippen LogP) is 1.59. The van der Waals surface area contributed by atoms with Crippen LogP contribution in [0.2, 0.25) is 0 Å². The number of hydrogen-bond acceptors (Lipinski definition) is 11. The van der Waals surface area contributed by atoms with Crippen LogP contribution in [0, 0.1) is 40.4 Å². The number of anilines is 1. The largest absolute Gasteiger partial charge is 0.461 e. The zero-order valence-electron chi connectivity index (χ0n) is 29.9. The molecule has 13 heteroatoms. The fourth-order valence-electron chi connectivity index (χ4n) is 12.7. The second-order valence-corrected chi connectivity index (χ2v) is 15.9. The number of likely N-dealkylation sites (tertiary alicyclic amines) is 1. The normalized spacial score (nSPS) is 44.4.